The molecule has 3 N–H and O–H groups in total. The molecule has 0 unspecified atom stereocenters. The Bertz CT molecular complexity index is 340. The molecule has 0 saturated heterocycles. The first kappa shape index (κ1) is 19.2. The first-order valence-electron chi connectivity index (χ1n) is 8.62. The molecule has 1 aliphatic carbocycles. The minimum Gasteiger partial charge on any atom is -0.444 e. The molecule has 0 radical (unpaired) electrons. The number of hydrogen-bond donors (Lipinski definition) is 3. The summed E-state index contributed by atoms with van der Waals surface area (Å²) >= 11 is 0. The molecule has 0 spiro atoms. The van der Waals surface area contributed by atoms with Crippen molar-refractivity contribution < 1.29 is 14.6 Å². The zero-order valence-corrected chi connectivity index (χ0v) is 14.9. The SMILES string of the molecule is CCC(CC)(CNC1CCC(O)CC1)NC(=O)OC(C)(C)C. The van der Waals surface area contributed by atoms with Gasteiger partial charge >= 0.3 is 6.09 Å². The van der Waals surface area contributed by atoms with Crippen LogP contribution in [0.15, 0.2) is 0 Å². The summed E-state index contributed by atoms with van der Waals surface area (Å²) in [7, 11) is 0. The maximum Gasteiger partial charge on any atom is 0.408 e. The van der Waals surface area contributed by atoms with Gasteiger partial charge in [0.25, 0.3) is 0 Å². The predicted molar refractivity (Wildman–Crippen MR) is 88.9 cm³/mol. The first-order chi connectivity index (χ1) is 10.2. The monoisotopic (exact) mass is 314 g/mol. The number of carbonyl (C=O) groups is 1. The second-order valence-corrected chi connectivity index (χ2v) is 7.50. The highest BCUT2D eigenvalue weighted by molar-refractivity contribution is 5.68. The number of aliphatic hydroxyl groups excluding tert-OH is 1. The van der Waals surface area contributed by atoms with Crippen molar-refractivity contribution in [3.8, 4) is 0 Å². The van der Waals surface area contributed by atoms with Crippen molar-refractivity contribution in [2.45, 2.75) is 96.4 Å². The number of alkyl carbamates (subject to hydrolysis) is 1. The van der Waals surface area contributed by atoms with Crippen molar-refractivity contribution in [2.24, 2.45) is 0 Å². The van der Waals surface area contributed by atoms with E-state index in [1.807, 2.05) is 20.8 Å². The van der Waals surface area contributed by atoms with Crippen molar-refractivity contribution in [2.75, 3.05) is 6.54 Å². The molecule has 130 valence electrons. The zero-order valence-electron chi connectivity index (χ0n) is 14.9. The van der Waals surface area contributed by atoms with Crippen molar-refractivity contribution in [3.63, 3.8) is 0 Å². The summed E-state index contributed by atoms with van der Waals surface area (Å²) in [5, 5.41) is 16.2. The summed E-state index contributed by atoms with van der Waals surface area (Å²) in [4.78, 5) is 12.1. The summed E-state index contributed by atoms with van der Waals surface area (Å²) < 4.78 is 5.39. The van der Waals surface area contributed by atoms with Gasteiger partial charge in [0.05, 0.1) is 11.6 Å². The molecule has 0 bridgehead atoms. The summed E-state index contributed by atoms with van der Waals surface area (Å²) in [6.45, 7) is 10.5. The number of rotatable bonds is 6. The molecule has 0 atom stereocenters. The molecule has 0 aliphatic heterocycles. The van der Waals surface area contributed by atoms with E-state index in [9.17, 15) is 9.90 Å². The van der Waals surface area contributed by atoms with Crippen LogP contribution in [0.1, 0.15) is 73.1 Å². The molecule has 0 aromatic heterocycles. The molecular weight excluding hydrogens is 280 g/mol. The fourth-order valence-electron chi connectivity index (χ4n) is 2.86. The molecule has 1 rings (SSSR count). The molecule has 0 aromatic carbocycles. The quantitative estimate of drug-likeness (QED) is 0.705. The van der Waals surface area contributed by atoms with E-state index in [2.05, 4.69) is 24.5 Å². The Morgan fingerprint density at radius 2 is 1.68 bits per heavy atom. The van der Waals surface area contributed by atoms with Crippen LogP contribution in [0.5, 0.6) is 0 Å². The lowest BCUT2D eigenvalue weighted by Crippen LogP contribution is -2.56. The Hall–Kier alpha value is -0.810. The van der Waals surface area contributed by atoms with E-state index in [4.69, 9.17) is 4.74 Å². The summed E-state index contributed by atoms with van der Waals surface area (Å²) in [6, 6.07) is 0.432. The maximum atomic E-state index is 12.1. The maximum absolute atomic E-state index is 12.1. The number of amides is 1. The van der Waals surface area contributed by atoms with E-state index >= 15 is 0 Å². The molecule has 1 saturated carbocycles. The molecule has 1 aliphatic rings. The smallest absolute Gasteiger partial charge is 0.408 e. The fraction of sp³-hybridized carbons (Fsp3) is 0.941. The minimum atomic E-state index is -0.482. The van der Waals surface area contributed by atoms with Crippen molar-refractivity contribution in [1.29, 1.82) is 0 Å². The van der Waals surface area contributed by atoms with Gasteiger partial charge < -0.3 is 20.5 Å². The van der Waals surface area contributed by atoms with Gasteiger partial charge in [0.1, 0.15) is 5.60 Å². The second-order valence-electron chi connectivity index (χ2n) is 7.50. The lowest BCUT2D eigenvalue weighted by atomic mass is 9.89. The number of carbonyl (C=O) groups excluding carboxylic acids is 1. The summed E-state index contributed by atoms with van der Waals surface area (Å²) in [5.74, 6) is 0. The molecule has 0 heterocycles. The van der Waals surface area contributed by atoms with Gasteiger partial charge in [-0.3, -0.25) is 0 Å². The zero-order chi connectivity index (χ0) is 16.8. The van der Waals surface area contributed by atoms with Gasteiger partial charge in [0.2, 0.25) is 0 Å². The van der Waals surface area contributed by atoms with Crippen LogP contribution < -0.4 is 10.6 Å². The van der Waals surface area contributed by atoms with Gasteiger partial charge in [0.15, 0.2) is 0 Å². The summed E-state index contributed by atoms with van der Waals surface area (Å²) in [5.41, 5.74) is -0.761. The normalized spacial score (nSPS) is 23.2. The third-order valence-corrected chi connectivity index (χ3v) is 4.55. The van der Waals surface area contributed by atoms with Crippen LogP contribution in [-0.2, 0) is 4.74 Å². The van der Waals surface area contributed by atoms with Gasteiger partial charge in [-0.2, -0.15) is 0 Å². The molecule has 22 heavy (non-hydrogen) atoms. The first-order valence-corrected chi connectivity index (χ1v) is 8.62. The van der Waals surface area contributed by atoms with Gasteiger partial charge in [-0.25, -0.2) is 4.79 Å². The number of hydrogen-bond acceptors (Lipinski definition) is 4. The van der Waals surface area contributed by atoms with Gasteiger partial charge in [-0.15, -0.1) is 0 Å². The molecule has 0 aromatic rings. The van der Waals surface area contributed by atoms with Crippen LogP contribution in [0.2, 0.25) is 0 Å². The van der Waals surface area contributed by atoms with E-state index in [1.54, 1.807) is 0 Å². The Balaban J connectivity index is 2.53. The lowest BCUT2D eigenvalue weighted by Gasteiger charge is -2.36. The van der Waals surface area contributed by atoms with Crippen LogP contribution in [0.4, 0.5) is 4.79 Å². The number of ether oxygens (including phenoxy) is 1. The Labute approximate surface area is 135 Å². The minimum absolute atomic E-state index is 0.139. The third kappa shape index (κ3) is 6.53. The van der Waals surface area contributed by atoms with E-state index in [-0.39, 0.29) is 17.7 Å². The Kier molecular flexibility index (Phi) is 7.13. The van der Waals surface area contributed by atoms with Crippen LogP contribution in [-0.4, -0.2) is 41.0 Å². The number of aliphatic hydroxyl groups is 1. The Morgan fingerprint density at radius 1 is 1.14 bits per heavy atom. The molecule has 5 nitrogen and oxygen atoms in total. The topological polar surface area (TPSA) is 70.6 Å². The van der Waals surface area contributed by atoms with E-state index in [0.717, 1.165) is 45.1 Å². The van der Waals surface area contributed by atoms with E-state index < -0.39 is 5.60 Å². The standard InChI is InChI=1S/C17H34N2O3/c1-6-17(7-2,19-15(21)22-16(3,4)5)12-18-13-8-10-14(20)11-9-13/h13-14,18,20H,6-12H2,1-5H3,(H,19,21). The molecule has 1 amide bonds. The average molecular weight is 314 g/mol. The van der Waals surface area contributed by atoms with E-state index in [0.29, 0.717) is 6.04 Å². The predicted octanol–water partition coefficient (Wildman–Crippen LogP) is 2.96. The van der Waals surface area contributed by atoms with Gasteiger partial charge in [-0.05, 0) is 59.3 Å². The number of nitrogens with one attached hydrogen (secondary N) is 2. The highest BCUT2D eigenvalue weighted by atomic mass is 16.6. The summed E-state index contributed by atoms with van der Waals surface area (Å²) in [6.07, 6.45) is 4.94. The van der Waals surface area contributed by atoms with Gasteiger partial charge in [-0.1, -0.05) is 13.8 Å². The largest absolute Gasteiger partial charge is 0.444 e. The lowest BCUT2D eigenvalue weighted by molar-refractivity contribution is 0.0441. The van der Waals surface area contributed by atoms with Crippen LogP contribution in [0.25, 0.3) is 0 Å². The molecule has 5 heteroatoms. The highest BCUT2D eigenvalue weighted by Crippen LogP contribution is 2.21. The van der Waals surface area contributed by atoms with Crippen molar-refractivity contribution in [3.05, 3.63) is 0 Å². The van der Waals surface area contributed by atoms with Crippen LogP contribution in [0, 0.1) is 0 Å². The highest BCUT2D eigenvalue weighted by Gasteiger charge is 2.31. The van der Waals surface area contributed by atoms with Crippen molar-refractivity contribution in [1.82, 2.24) is 10.6 Å². The average Bonchev–Trinajstić information content (AvgIpc) is 2.43. The molecular formula is C17H34N2O3. The van der Waals surface area contributed by atoms with Gasteiger partial charge in [0, 0.05) is 12.6 Å². The molecule has 1 fully saturated rings. The third-order valence-electron chi connectivity index (χ3n) is 4.55. The van der Waals surface area contributed by atoms with Crippen molar-refractivity contribution >= 4 is 6.09 Å². The second kappa shape index (κ2) is 8.16. The Morgan fingerprint density at radius 3 is 2.14 bits per heavy atom. The van der Waals surface area contributed by atoms with Crippen LogP contribution >= 0.6 is 0 Å². The fourth-order valence-corrected chi connectivity index (χ4v) is 2.86. The van der Waals surface area contributed by atoms with Crippen LogP contribution in [0.3, 0.4) is 0 Å². The van der Waals surface area contributed by atoms with E-state index in [1.165, 1.54) is 0 Å².